The number of imidazole rings is 1. The molecule has 0 bridgehead atoms. The van der Waals surface area contributed by atoms with E-state index in [2.05, 4.69) is 19.8 Å². The van der Waals surface area contributed by atoms with Gasteiger partial charge in [0.05, 0.1) is 18.6 Å². The van der Waals surface area contributed by atoms with Crippen LogP contribution in [-0.2, 0) is 4.79 Å². The van der Waals surface area contributed by atoms with E-state index in [9.17, 15) is 27.9 Å². The SMILES string of the molecule is O=C(On1cc(-n2ccnc2)c(=O)n1-c1cc(N2CC(O)C2)ncn1)C(F)(F)F. The maximum absolute atomic E-state index is 12.8. The Morgan fingerprint density at radius 2 is 1.97 bits per heavy atom. The molecular weight excluding hydrogens is 399 g/mol. The minimum Gasteiger partial charge on any atom is -0.389 e. The van der Waals surface area contributed by atoms with Crippen LogP contribution in [-0.4, -0.2) is 65.5 Å². The van der Waals surface area contributed by atoms with Crippen LogP contribution in [0.15, 0.2) is 42.1 Å². The second kappa shape index (κ2) is 6.73. The van der Waals surface area contributed by atoms with Gasteiger partial charge in [-0.2, -0.15) is 17.9 Å². The lowest BCUT2D eigenvalue weighted by molar-refractivity contribution is -0.202. The zero-order chi connectivity index (χ0) is 20.8. The van der Waals surface area contributed by atoms with Crippen molar-refractivity contribution in [2.75, 3.05) is 18.0 Å². The lowest BCUT2D eigenvalue weighted by atomic mass is 10.2. The number of carbonyl (C=O) groups excluding carboxylic acids is 1. The van der Waals surface area contributed by atoms with Crippen LogP contribution in [0.3, 0.4) is 0 Å². The van der Waals surface area contributed by atoms with Crippen molar-refractivity contribution in [3.05, 3.63) is 47.7 Å². The highest BCUT2D eigenvalue weighted by Crippen LogP contribution is 2.20. The lowest BCUT2D eigenvalue weighted by Crippen LogP contribution is -2.51. The Bertz CT molecular complexity index is 1100. The Morgan fingerprint density at radius 1 is 1.24 bits per heavy atom. The van der Waals surface area contributed by atoms with Crippen LogP contribution in [0.4, 0.5) is 19.0 Å². The molecule has 1 aliphatic rings. The molecule has 3 aromatic rings. The number of nitrogens with zero attached hydrogens (tertiary/aromatic N) is 7. The first kappa shape index (κ1) is 18.7. The zero-order valence-electron chi connectivity index (χ0n) is 14.4. The molecule has 0 radical (unpaired) electrons. The minimum absolute atomic E-state index is 0.128. The van der Waals surface area contributed by atoms with Crippen molar-refractivity contribution >= 4 is 11.8 Å². The van der Waals surface area contributed by atoms with Gasteiger partial charge in [0.15, 0.2) is 5.82 Å². The topological polar surface area (TPSA) is 120 Å². The second-order valence-electron chi connectivity index (χ2n) is 6.07. The van der Waals surface area contributed by atoms with Gasteiger partial charge < -0.3 is 14.8 Å². The molecule has 14 heteroatoms. The Labute approximate surface area is 159 Å². The van der Waals surface area contributed by atoms with Gasteiger partial charge >= 0.3 is 12.1 Å². The number of carbonyl (C=O) groups is 1. The summed E-state index contributed by atoms with van der Waals surface area (Å²) in [5, 5.41) is 9.42. The van der Waals surface area contributed by atoms with Crippen molar-refractivity contribution in [3.63, 3.8) is 0 Å². The van der Waals surface area contributed by atoms with E-state index in [1.165, 1.54) is 29.4 Å². The molecule has 1 aliphatic heterocycles. The molecule has 4 heterocycles. The highest BCUT2D eigenvalue weighted by atomic mass is 19.4. The average molecular weight is 411 g/mol. The van der Waals surface area contributed by atoms with Crippen molar-refractivity contribution < 1.29 is 27.9 Å². The van der Waals surface area contributed by atoms with Gasteiger partial charge in [-0.05, 0) is 0 Å². The quantitative estimate of drug-likeness (QED) is 0.599. The van der Waals surface area contributed by atoms with Crippen LogP contribution in [0, 0.1) is 0 Å². The van der Waals surface area contributed by atoms with Crippen LogP contribution < -0.4 is 15.3 Å². The van der Waals surface area contributed by atoms with Crippen molar-refractivity contribution in [1.82, 2.24) is 29.0 Å². The number of aliphatic hydroxyl groups excluding tert-OH is 1. The number of alkyl halides is 3. The molecular formula is C15H12F3N7O4. The fraction of sp³-hybridized carbons (Fsp3) is 0.267. The Balaban J connectivity index is 1.80. The summed E-state index contributed by atoms with van der Waals surface area (Å²) in [6.45, 7) is 0.603. The number of rotatable bonds is 4. The van der Waals surface area contributed by atoms with Crippen LogP contribution >= 0.6 is 0 Å². The lowest BCUT2D eigenvalue weighted by Gasteiger charge is -2.36. The molecule has 0 aromatic carbocycles. The smallest absolute Gasteiger partial charge is 0.389 e. The van der Waals surface area contributed by atoms with Crippen molar-refractivity contribution in [3.8, 4) is 11.5 Å². The van der Waals surface area contributed by atoms with Gasteiger partial charge in [0.1, 0.15) is 17.8 Å². The largest absolute Gasteiger partial charge is 0.493 e. The number of β-amino-alcohol motifs (C(OH)–C–C–N with tert-alkyl or cyclic N) is 1. The summed E-state index contributed by atoms with van der Waals surface area (Å²) in [6.07, 6.45) is 0.213. The molecule has 0 saturated carbocycles. The maximum atomic E-state index is 12.8. The molecule has 0 amide bonds. The van der Waals surface area contributed by atoms with E-state index in [0.29, 0.717) is 28.4 Å². The van der Waals surface area contributed by atoms with Crippen LogP contribution in [0.25, 0.3) is 11.5 Å². The first-order valence-corrected chi connectivity index (χ1v) is 8.12. The first-order valence-electron chi connectivity index (χ1n) is 8.12. The van der Waals surface area contributed by atoms with E-state index in [1.807, 2.05) is 0 Å². The van der Waals surface area contributed by atoms with E-state index in [0.717, 1.165) is 12.5 Å². The van der Waals surface area contributed by atoms with Crippen LogP contribution in [0.1, 0.15) is 0 Å². The van der Waals surface area contributed by atoms with E-state index in [4.69, 9.17) is 0 Å². The molecule has 1 N–H and O–H groups in total. The fourth-order valence-electron chi connectivity index (χ4n) is 2.67. The van der Waals surface area contributed by atoms with Crippen molar-refractivity contribution in [1.29, 1.82) is 0 Å². The normalized spacial score (nSPS) is 14.7. The highest BCUT2D eigenvalue weighted by Gasteiger charge is 2.42. The molecule has 0 unspecified atom stereocenters. The number of aliphatic hydroxyl groups is 1. The number of aromatic nitrogens is 6. The van der Waals surface area contributed by atoms with Gasteiger partial charge in [-0.15, -0.1) is 4.85 Å². The predicted molar refractivity (Wildman–Crippen MR) is 88.6 cm³/mol. The Morgan fingerprint density at radius 3 is 2.59 bits per heavy atom. The molecule has 1 saturated heterocycles. The molecule has 152 valence electrons. The highest BCUT2D eigenvalue weighted by molar-refractivity contribution is 5.75. The molecule has 3 aromatic heterocycles. The summed E-state index contributed by atoms with van der Waals surface area (Å²) in [5.41, 5.74) is -0.941. The Hall–Kier alpha value is -3.68. The molecule has 0 aliphatic carbocycles. The van der Waals surface area contributed by atoms with E-state index in [-0.39, 0.29) is 11.5 Å². The molecule has 0 atom stereocenters. The third-order valence-electron chi connectivity index (χ3n) is 4.07. The average Bonchev–Trinajstić information content (AvgIpc) is 3.26. The first-order chi connectivity index (χ1) is 13.7. The molecule has 11 nitrogen and oxygen atoms in total. The van der Waals surface area contributed by atoms with Gasteiger partial charge in [-0.3, -0.25) is 9.36 Å². The van der Waals surface area contributed by atoms with Gasteiger partial charge in [0.25, 0.3) is 5.56 Å². The third-order valence-corrected chi connectivity index (χ3v) is 4.07. The number of anilines is 1. The summed E-state index contributed by atoms with van der Waals surface area (Å²) in [7, 11) is 0. The molecule has 4 rings (SSSR count). The number of hydrogen-bond acceptors (Lipinski definition) is 8. The third kappa shape index (κ3) is 3.44. The summed E-state index contributed by atoms with van der Waals surface area (Å²) in [5.74, 6) is -2.31. The van der Waals surface area contributed by atoms with Gasteiger partial charge in [-0.25, -0.2) is 19.7 Å². The van der Waals surface area contributed by atoms with Crippen LogP contribution in [0.5, 0.6) is 0 Å². The molecule has 29 heavy (non-hydrogen) atoms. The summed E-state index contributed by atoms with van der Waals surface area (Å²) in [4.78, 5) is 42.2. The van der Waals surface area contributed by atoms with E-state index < -0.39 is 23.8 Å². The Kier molecular flexibility index (Phi) is 4.34. The number of hydrogen-bond donors (Lipinski definition) is 1. The summed E-state index contributed by atoms with van der Waals surface area (Å²) in [6, 6.07) is 1.32. The fourth-order valence-corrected chi connectivity index (χ4v) is 2.67. The monoisotopic (exact) mass is 411 g/mol. The van der Waals surface area contributed by atoms with Gasteiger partial charge in [-0.1, -0.05) is 0 Å². The molecule has 0 spiro atoms. The predicted octanol–water partition coefficient (Wildman–Crippen LogP) is -0.687. The zero-order valence-corrected chi connectivity index (χ0v) is 14.4. The van der Waals surface area contributed by atoms with Crippen molar-refractivity contribution in [2.45, 2.75) is 12.3 Å². The minimum atomic E-state index is -5.27. The second-order valence-corrected chi connectivity index (χ2v) is 6.07. The summed E-state index contributed by atoms with van der Waals surface area (Å²) < 4.78 is 39.9. The summed E-state index contributed by atoms with van der Waals surface area (Å²) >= 11 is 0. The van der Waals surface area contributed by atoms with Gasteiger partial charge in [0, 0.05) is 31.5 Å². The van der Waals surface area contributed by atoms with E-state index in [1.54, 1.807) is 4.90 Å². The van der Waals surface area contributed by atoms with Crippen molar-refractivity contribution in [2.24, 2.45) is 0 Å². The van der Waals surface area contributed by atoms with Crippen LogP contribution in [0.2, 0.25) is 0 Å². The maximum Gasteiger partial charge on any atom is 0.493 e. The number of halogens is 3. The van der Waals surface area contributed by atoms with Gasteiger partial charge in [0.2, 0.25) is 0 Å². The van der Waals surface area contributed by atoms with E-state index >= 15 is 0 Å². The standard InChI is InChI=1S/C15H12F3N7O4/c16-15(17,18)14(28)29-24-6-10(22-2-1-19-8-22)13(27)25(24)12-3-11(20-7-21-12)23-4-9(26)5-23/h1-3,6-9,26H,4-5H2. The molecule has 1 fully saturated rings.